The number of carbonyl (C=O) groups is 1. The van der Waals surface area contributed by atoms with E-state index >= 15 is 0 Å². The Labute approximate surface area is 228 Å². The number of anilines is 1. The van der Waals surface area contributed by atoms with Crippen molar-refractivity contribution in [1.82, 2.24) is 14.7 Å². The first kappa shape index (κ1) is 26.4. The lowest BCUT2D eigenvalue weighted by Crippen LogP contribution is -2.33. The highest BCUT2D eigenvalue weighted by Crippen LogP contribution is 2.21. The number of sulfonamides is 1. The Balaban J connectivity index is 1.42. The molecule has 9 heteroatoms. The van der Waals surface area contributed by atoms with Crippen molar-refractivity contribution >= 4 is 21.9 Å². The summed E-state index contributed by atoms with van der Waals surface area (Å²) in [5.74, 6) is 0.521. The maximum absolute atomic E-state index is 13.3. The van der Waals surface area contributed by atoms with Gasteiger partial charge in [0.2, 0.25) is 5.95 Å². The fourth-order valence-electron chi connectivity index (χ4n) is 4.73. The molecule has 0 bridgehead atoms. The molecule has 1 aliphatic rings. The maximum Gasteiger partial charge on any atom is 0.268 e. The summed E-state index contributed by atoms with van der Waals surface area (Å²) in [6.45, 7) is 1.50. The third-order valence-corrected chi connectivity index (χ3v) is 8.22. The molecule has 1 aromatic heterocycles. The quantitative estimate of drug-likeness (QED) is 0.359. The molecular weight excluding hydrogens is 512 g/mol. The zero-order chi connectivity index (χ0) is 27.2. The van der Waals surface area contributed by atoms with Gasteiger partial charge >= 0.3 is 0 Å². The molecule has 0 fully saturated rings. The van der Waals surface area contributed by atoms with E-state index in [-0.39, 0.29) is 10.5 Å². The Bertz CT molecular complexity index is 1550. The number of rotatable bonds is 8. The highest BCUT2D eigenvalue weighted by Gasteiger charge is 2.24. The van der Waals surface area contributed by atoms with E-state index in [1.807, 2.05) is 24.3 Å². The second-order valence-corrected chi connectivity index (χ2v) is 11.1. The van der Waals surface area contributed by atoms with E-state index in [1.54, 1.807) is 25.3 Å². The molecule has 0 saturated carbocycles. The van der Waals surface area contributed by atoms with Crippen molar-refractivity contribution in [2.75, 3.05) is 25.1 Å². The number of nitrogens with one attached hydrogen (secondary N) is 1. The summed E-state index contributed by atoms with van der Waals surface area (Å²) in [6, 6.07) is 23.9. The minimum absolute atomic E-state index is 0.0120. The summed E-state index contributed by atoms with van der Waals surface area (Å²) in [6.07, 6.45) is 4.19. The number of carbonyl (C=O) groups excluding carboxylic acids is 1. The summed E-state index contributed by atoms with van der Waals surface area (Å²) in [5.41, 5.74) is 4.29. The molecule has 3 aromatic carbocycles. The Hall–Kier alpha value is -4.24. The van der Waals surface area contributed by atoms with Crippen molar-refractivity contribution in [1.29, 1.82) is 0 Å². The molecule has 0 spiro atoms. The number of benzene rings is 3. The van der Waals surface area contributed by atoms with Gasteiger partial charge in [0.15, 0.2) is 0 Å². The number of nitrogens with zero attached hydrogens (tertiary/aromatic N) is 3. The van der Waals surface area contributed by atoms with Gasteiger partial charge in [0.05, 0.1) is 23.3 Å². The van der Waals surface area contributed by atoms with Gasteiger partial charge in [-0.1, -0.05) is 54.6 Å². The monoisotopic (exact) mass is 542 g/mol. The van der Waals surface area contributed by atoms with Crippen molar-refractivity contribution in [3.05, 3.63) is 113 Å². The second-order valence-electron chi connectivity index (χ2n) is 9.39. The molecule has 2 heterocycles. The molecule has 5 rings (SSSR count). The van der Waals surface area contributed by atoms with E-state index in [9.17, 15) is 13.2 Å². The minimum atomic E-state index is -4.05. The molecule has 1 amide bonds. The molecule has 4 aromatic rings. The van der Waals surface area contributed by atoms with Gasteiger partial charge in [0.25, 0.3) is 15.9 Å². The minimum Gasteiger partial charge on any atom is -0.497 e. The number of ether oxygens (including phenoxy) is 1. The van der Waals surface area contributed by atoms with Crippen LogP contribution in [-0.2, 0) is 35.7 Å². The number of methoxy groups -OCH3 is 1. The zero-order valence-corrected chi connectivity index (χ0v) is 22.5. The highest BCUT2D eigenvalue weighted by atomic mass is 32.2. The van der Waals surface area contributed by atoms with Crippen LogP contribution in [0.4, 0.5) is 5.95 Å². The summed E-state index contributed by atoms with van der Waals surface area (Å²) in [7, 11) is -2.43. The lowest BCUT2D eigenvalue weighted by atomic mass is 10.0. The average molecular weight is 543 g/mol. The molecule has 1 N–H and O–H groups in total. The number of aryl methyl sites for hydroxylation is 2. The van der Waals surface area contributed by atoms with Gasteiger partial charge in [-0.2, -0.15) is 0 Å². The Kier molecular flexibility index (Phi) is 7.88. The van der Waals surface area contributed by atoms with Crippen LogP contribution >= 0.6 is 0 Å². The molecule has 1 aliphatic heterocycles. The molecule has 0 atom stereocenters. The van der Waals surface area contributed by atoms with Gasteiger partial charge in [-0.3, -0.25) is 4.79 Å². The van der Waals surface area contributed by atoms with E-state index in [0.717, 1.165) is 37.2 Å². The normalized spacial score (nSPS) is 13.3. The van der Waals surface area contributed by atoms with E-state index < -0.39 is 15.9 Å². The lowest BCUT2D eigenvalue weighted by molar-refractivity contribution is 0.0979. The third kappa shape index (κ3) is 6.26. The average Bonchev–Trinajstić information content (AvgIpc) is 3.19. The number of hydrogen-bond donors (Lipinski definition) is 1. The van der Waals surface area contributed by atoms with Crippen LogP contribution in [0, 0.1) is 0 Å². The second kappa shape index (κ2) is 11.7. The largest absolute Gasteiger partial charge is 0.497 e. The summed E-state index contributed by atoms with van der Waals surface area (Å²) in [5, 5.41) is 0. The topological polar surface area (TPSA) is 101 Å². The van der Waals surface area contributed by atoms with Gasteiger partial charge in [-0.05, 0) is 66.6 Å². The molecular formula is C30H30N4O4S. The van der Waals surface area contributed by atoms with Gasteiger partial charge in [0, 0.05) is 19.3 Å². The fraction of sp³-hybridized carbons (Fsp3) is 0.233. The third-order valence-electron chi connectivity index (χ3n) is 6.87. The first-order chi connectivity index (χ1) is 18.9. The van der Waals surface area contributed by atoms with E-state index in [0.29, 0.717) is 24.5 Å². The smallest absolute Gasteiger partial charge is 0.268 e. The fourth-order valence-corrected chi connectivity index (χ4v) is 5.72. The van der Waals surface area contributed by atoms with Gasteiger partial charge in [-0.25, -0.2) is 23.1 Å². The van der Waals surface area contributed by atoms with E-state index in [1.165, 1.54) is 29.5 Å². The molecule has 0 saturated heterocycles. The molecule has 39 heavy (non-hydrogen) atoms. The molecule has 8 nitrogen and oxygen atoms in total. The van der Waals surface area contributed by atoms with Crippen LogP contribution < -0.4 is 14.4 Å². The zero-order valence-electron chi connectivity index (χ0n) is 21.7. The summed E-state index contributed by atoms with van der Waals surface area (Å²) >= 11 is 0. The summed E-state index contributed by atoms with van der Waals surface area (Å²) in [4.78, 5) is 24.7. The van der Waals surface area contributed by atoms with E-state index in [4.69, 9.17) is 9.72 Å². The number of hydrogen-bond acceptors (Lipinski definition) is 7. The Morgan fingerprint density at radius 3 is 2.31 bits per heavy atom. The van der Waals surface area contributed by atoms with Crippen molar-refractivity contribution in [2.24, 2.45) is 0 Å². The number of fused-ring (bicyclic) bond motifs is 1. The van der Waals surface area contributed by atoms with Crippen LogP contribution in [0.3, 0.4) is 0 Å². The van der Waals surface area contributed by atoms with Gasteiger partial charge in [-0.15, -0.1) is 0 Å². The van der Waals surface area contributed by atoms with Crippen molar-refractivity contribution in [3.8, 4) is 5.75 Å². The lowest BCUT2D eigenvalue weighted by Gasteiger charge is -2.21. The van der Waals surface area contributed by atoms with Gasteiger partial charge < -0.3 is 9.64 Å². The summed E-state index contributed by atoms with van der Waals surface area (Å²) < 4.78 is 33.2. The van der Waals surface area contributed by atoms with Gasteiger partial charge in [0.1, 0.15) is 5.75 Å². The standard InChI is InChI=1S/C30H30N4O4S/c1-38-25-11-7-8-22(20-25)14-15-28-27(29(35)33-39(36,37)26-12-3-2-4-13-26)21-31-30(32-28)34-18-16-23-9-5-6-10-24(23)17-19-34/h2-13,20-21H,14-19H2,1H3,(H,33,35). The highest BCUT2D eigenvalue weighted by molar-refractivity contribution is 7.90. The predicted molar refractivity (Wildman–Crippen MR) is 150 cm³/mol. The molecule has 200 valence electrons. The van der Waals surface area contributed by atoms with Crippen molar-refractivity contribution < 1.29 is 17.9 Å². The van der Waals surface area contributed by atoms with Crippen molar-refractivity contribution in [2.45, 2.75) is 30.6 Å². The molecule has 0 radical (unpaired) electrons. The van der Waals surface area contributed by atoms with Crippen LogP contribution in [0.5, 0.6) is 5.75 Å². The number of aromatic nitrogens is 2. The van der Waals surface area contributed by atoms with Crippen LogP contribution in [0.1, 0.15) is 32.7 Å². The number of amides is 1. The maximum atomic E-state index is 13.3. The Morgan fingerprint density at radius 1 is 0.923 bits per heavy atom. The first-order valence-corrected chi connectivity index (χ1v) is 14.3. The van der Waals surface area contributed by atoms with Crippen LogP contribution in [0.15, 0.2) is 90.0 Å². The Morgan fingerprint density at radius 2 is 1.62 bits per heavy atom. The molecule has 0 aliphatic carbocycles. The van der Waals surface area contributed by atoms with Crippen LogP contribution in [-0.4, -0.2) is 44.5 Å². The first-order valence-electron chi connectivity index (χ1n) is 12.9. The molecule has 0 unspecified atom stereocenters. The van der Waals surface area contributed by atoms with E-state index in [2.05, 4.69) is 38.9 Å². The van der Waals surface area contributed by atoms with Crippen molar-refractivity contribution in [3.63, 3.8) is 0 Å². The SMILES string of the molecule is COc1cccc(CCc2nc(N3CCc4ccccc4CC3)ncc2C(=O)NS(=O)(=O)c2ccccc2)c1. The van der Waals surface area contributed by atoms with Crippen LogP contribution in [0.25, 0.3) is 0 Å². The van der Waals surface area contributed by atoms with Crippen LogP contribution in [0.2, 0.25) is 0 Å². The predicted octanol–water partition coefficient (Wildman–Crippen LogP) is 3.99.